The van der Waals surface area contributed by atoms with Gasteiger partial charge in [-0.25, -0.2) is 8.42 Å². The van der Waals surface area contributed by atoms with Crippen LogP contribution in [-0.4, -0.2) is 64.3 Å². The third-order valence-corrected chi connectivity index (χ3v) is 7.18. The van der Waals surface area contributed by atoms with E-state index in [0.29, 0.717) is 35.6 Å². The quantitative estimate of drug-likeness (QED) is 0.641. The van der Waals surface area contributed by atoms with Crippen molar-refractivity contribution in [3.63, 3.8) is 0 Å². The van der Waals surface area contributed by atoms with Gasteiger partial charge in [-0.15, -0.1) is 10.2 Å². The van der Waals surface area contributed by atoms with Crippen LogP contribution in [0.4, 0.5) is 0 Å². The molecule has 0 aromatic carbocycles. The normalized spacial score (nSPS) is 18.9. The number of nitrogens with zero attached hydrogens (tertiary/aromatic N) is 4. The molecule has 1 unspecified atom stereocenters. The molecule has 8 nitrogen and oxygen atoms in total. The van der Waals surface area contributed by atoms with Crippen LogP contribution < -0.4 is 0 Å². The number of amides is 1. The van der Waals surface area contributed by atoms with Gasteiger partial charge in [0.15, 0.2) is 26.6 Å². The van der Waals surface area contributed by atoms with Crippen molar-refractivity contribution < 1.29 is 17.6 Å². The van der Waals surface area contributed by atoms with Crippen LogP contribution in [0.1, 0.15) is 20.3 Å². The Morgan fingerprint density at radius 1 is 1.44 bits per heavy atom. The van der Waals surface area contributed by atoms with Gasteiger partial charge < -0.3 is 9.32 Å². The minimum atomic E-state index is -3.02. The predicted molar refractivity (Wildman–Crippen MR) is 103 cm³/mol. The minimum Gasteiger partial charge on any atom is -0.461 e. The van der Waals surface area contributed by atoms with E-state index in [1.807, 2.05) is 10.6 Å². The van der Waals surface area contributed by atoms with Gasteiger partial charge in [-0.05, 0) is 24.5 Å². The van der Waals surface area contributed by atoms with Gasteiger partial charge in [0.05, 0.1) is 23.5 Å². The second-order valence-electron chi connectivity index (χ2n) is 7.14. The first-order chi connectivity index (χ1) is 12.8. The van der Waals surface area contributed by atoms with Crippen molar-refractivity contribution in [1.82, 2.24) is 19.7 Å². The van der Waals surface area contributed by atoms with Crippen LogP contribution in [0.5, 0.6) is 0 Å². The Hall–Kier alpha value is -1.81. The SMILES string of the molecule is CC(C)Cn1c(SCC(=O)N(C)C2CCS(=O)(=O)C2)nnc1-c1ccco1. The molecule has 27 heavy (non-hydrogen) atoms. The Kier molecular flexibility index (Phi) is 5.95. The zero-order valence-electron chi connectivity index (χ0n) is 15.7. The Morgan fingerprint density at radius 2 is 2.22 bits per heavy atom. The zero-order chi connectivity index (χ0) is 19.6. The molecule has 0 bridgehead atoms. The van der Waals surface area contributed by atoms with Crippen molar-refractivity contribution in [2.75, 3.05) is 24.3 Å². The molecule has 2 aromatic rings. The van der Waals surface area contributed by atoms with E-state index < -0.39 is 9.84 Å². The molecule has 3 heterocycles. The molecule has 0 spiro atoms. The fourth-order valence-electron chi connectivity index (χ4n) is 3.03. The summed E-state index contributed by atoms with van der Waals surface area (Å²) in [6, 6.07) is 3.38. The molecule has 3 rings (SSSR count). The average molecular weight is 413 g/mol. The molecular formula is C17H24N4O4S2. The lowest BCUT2D eigenvalue weighted by atomic mass is 10.2. The summed E-state index contributed by atoms with van der Waals surface area (Å²) in [6.07, 6.45) is 2.09. The van der Waals surface area contributed by atoms with E-state index in [9.17, 15) is 13.2 Å². The lowest BCUT2D eigenvalue weighted by molar-refractivity contribution is -0.128. The number of carbonyl (C=O) groups is 1. The number of rotatable bonds is 7. The van der Waals surface area contributed by atoms with Crippen LogP contribution >= 0.6 is 11.8 Å². The third-order valence-electron chi connectivity index (χ3n) is 4.48. The summed E-state index contributed by atoms with van der Waals surface area (Å²) in [5.74, 6) is 1.91. The van der Waals surface area contributed by atoms with Crippen molar-refractivity contribution in [2.24, 2.45) is 5.92 Å². The summed E-state index contributed by atoms with van der Waals surface area (Å²) in [5, 5.41) is 9.10. The van der Waals surface area contributed by atoms with Crippen LogP contribution in [0.2, 0.25) is 0 Å². The van der Waals surface area contributed by atoms with Crippen molar-refractivity contribution in [2.45, 2.75) is 38.0 Å². The fourth-order valence-corrected chi connectivity index (χ4v) is 5.67. The highest BCUT2D eigenvalue weighted by atomic mass is 32.2. The highest BCUT2D eigenvalue weighted by Gasteiger charge is 2.32. The van der Waals surface area contributed by atoms with Crippen LogP contribution in [0.25, 0.3) is 11.6 Å². The van der Waals surface area contributed by atoms with Gasteiger partial charge in [-0.3, -0.25) is 9.36 Å². The van der Waals surface area contributed by atoms with Crippen molar-refractivity contribution in [1.29, 1.82) is 0 Å². The first kappa shape index (κ1) is 19.9. The van der Waals surface area contributed by atoms with Crippen LogP contribution in [0.15, 0.2) is 28.0 Å². The smallest absolute Gasteiger partial charge is 0.233 e. The van der Waals surface area contributed by atoms with E-state index in [2.05, 4.69) is 24.0 Å². The molecule has 10 heteroatoms. The molecule has 1 fully saturated rings. The van der Waals surface area contributed by atoms with Crippen LogP contribution in [0, 0.1) is 5.92 Å². The molecule has 0 saturated carbocycles. The summed E-state index contributed by atoms with van der Waals surface area (Å²) in [5.41, 5.74) is 0. The minimum absolute atomic E-state index is 0.0477. The van der Waals surface area contributed by atoms with E-state index in [1.54, 1.807) is 24.3 Å². The molecule has 0 radical (unpaired) electrons. The molecule has 2 aromatic heterocycles. The zero-order valence-corrected chi connectivity index (χ0v) is 17.3. The molecular weight excluding hydrogens is 388 g/mol. The second kappa shape index (κ2) is 8.05. The number of hydrogen-bond donors (Lipinski definition) is 0. The lowest BCUT2D eigenvalue weighted by Crippen LogP contribution is -2.38. The molecule has 0 aliphatic carbocycles. The fraction of sp³-hybridized carbons (Fsp3) is 0.588. The van der Waals surface area contributed by atoms with Gasteiger partial charge in [0.2, 0.25) is 5.91 Å². The summed E-state index contributed by atoms with van der Waals surface area (Å²) in [4.78, 5) is 14.1. The highest BCUT2D eigenvalue weighted by molar-refractivity contribution is 7.99. The number of hydrogen-bond acceptors (Lipinski definition) is 7. The average Bonchev–Trinajstić information content (AvgIpc) is 3.31. The maximum atomic E-state index is 12.5. The van der Waals surface area contributed by atoms with E-state index in [4.69, 9.17) is 4.42 Å². The van der Waals surface area contributed by atoms with E-state index in [0.717, 1.165) is 0 Å². The van der Waals surface area contributed by atoms with E-state index in [-0.39, 0.29) is 29.2 Å². The summed E-state index contributed by atoms with van der Waals surface area (Å²) in [6.45, 7) is 4.90. The lowest BCUT2D eigenvalue weighted by Gasteiger charge is -2.23. The van der Waals surface area contributed by atoms with Crippen molar-refractivity contribution in [3.05, 3.63) is 18.4 Å². The molecule has 0 N–H and O–H groups in total. The molecule has 1 aliphatic rings. The third kappa shape index (κ3) is 4.73. The Morgan fingerprint density at radius 3 is 2.81 bits per heavy atom. The number of furan rings is 1. The second-order valence-corrected chi connectivity index (χ2v) is 10.3. The van der Waals surface area contributed by atoms with Gasteiger partial charge in [0.25, 0.3) is 0 Å². The molecule has 1 saturated heterocycles. The first-order valence-corrected chi connectivity index (χ1v) is 11.6. The number of aromatic nitrogens is 3. The first-order valence-electron chi connectivity index (χ1n) is 8.83. The molecule has 1 aliphatic heterocycles. The van der Waals surface area contributed by atoms with Crippen LogP contribution in [0.3, 0.4) is 0 Å². The maximum Gasteiger partial charge on any atom is 0.233 e. The number of thioether (sulfide) groups is 1. The Labute approximate surface area is 163 Å². The largest absolute Gasteiger partial charge is 0.461 e. The highest BCUT2D eigenvalue weighted by Crippen LogP contribution is 2.26. The van der Waals surface area contributed by atoms with Gasteiger partial charge in [-0.1, -0.05) is 25.6 Å². The van der Waals surface area contributed by atoms with E-state index >= 15 is 0 Å². The Bertz CT molecular complexity index is 890. The summed E-state index contributed by atoms with van der Waals surface area (Å²) < 4.78 is 30.7. The molecule has 1 amide bonds. The summed E-state index contributed by atoms with van der Waals surface area (Å²) >= 11 is 1.31. The van der Waals surface area contributed by atoms with Crippen LogP contribution in [-0.2, 0) is 21.2 Å². The Balaban J connectivity index is 1.69. The molecule has 1 atom stereocenters. The van der Waals surface area contributed by atoms with E-state index in [1.165, 1.54) is 11.8 Å². The van der Waals surface area contributed by atoms with Crippen molar-refractivity contribution >= 4 is 27.5 Å². The summed E-state index contributed by atoms with van der Waals surface area (Å²) in [7, 11) is -1.35. The number of carbonyl (C=O) groups excluding carboxylic acids is 1. The predicted octanol–water partition coefficient (Wildman–Crippen LogP) is 1.93. The number of sulfone groups is 1. The topological polar surface area (TPSA) is 98.3 Å². The van der Waals surface area contributed by atoms with Gasteiger partial charge in [0.1, 0.15) is 0 Å². The van der Waals surface area contributed by atoms with Crippen molar-refractivity contribution in [3.8, 4) is 11.6 Å². The monoisotopic (exact) mass is 412 g/mol. The van der Waals surface area contributed by atoms with Gasteiger partial charge in [0, 0.05) is 19.6 Å². The maximum absolute atomic E-state index is 12.5. The van der Waals surface area contributed by atoms with Gasteiger partial charge >= 0.3 is 0 Å². The molecule has 148 valence electrons. The van der Waals surface area contributed by atoms with Gasteiger partial charge in [-0.2, -0.15) is 0 Å². The standard InChI is InChI=1S/C17H24N4O4S2/c1-12(2)9-21-16(14-5-4-7-25-14)18-19-17(21)26-10-15(22)20(3)13-6-8-27(23,24)11-13/h4-5,7,12-13H,6,8-11H2,1-3H3.